The Kier molecular flexibility index (Phi) is 4.10. The number of hydrogen-bond acceptors (Lipinski definition) is 3. The molecule has 0 aliphatic heterocycles. The van der Waals surface area contributed by atoms with Crippen LogP contribution in [0.25, 0.3) is 0 Å². The summed E-state index contributed by atoms with van der Waals surface area (Å²) in [5.74, 6) is 0.822. The van der Waals surface area contributed by atoms with Gasteiger partial charge < -0.3 is 9.29 Å². The molecule has 1 unspecified atom stereocenters. The van der Waals surface area contributed by atoms with E-state index in [-0.39, 0.29) is 11.9 Å². The number of rotatable bonds is 4. The van der Waals surface area contributed by atoms with Crippen molar-refractivity contribution >= 4 is 11.1 Å². The van der Waals surface area contributed by atoms with Crippen LogP contribution in [0.15, 0.2) is 24.3 Å². The van der Waals surface area contributed by atoms with Crippen LogP contribution in [0, 0.1) is 0 Å². The third kappa shape index (κ3) is 3.89. The maximum Gasteiger partial charge on any atom is 0.119 e. The molecule has 1 atom stereocenters. The molecule has 14 heavy (non-hydrogen) atoms. The Bertz CT molecular complexity index is 306. The summed E-state index contributed by atoms with van der Waals surface area (Å²) in [5.41, 5.74) is 0.773. The quantitative estimate of drug-likeness (QED) is 0.717. The normalized spacial score (nSPS) is 12.9. The Morgan fingerprint density at radius 3 is 2.36 bits per heavy atom. The van der Waals surface area contributed by atoms with Crippen molar-refractivity contribution in [3.63, 3.8) is 0 Å². The van der Waals surface area contributed by atoms with Crippen LogP contribution >= 0.6 is 0 Å². The van der Waals surface area contributed by atoms with Gasteiger partial charge in [-0.25, -0.2) is 0 Å². The minimum absolute atomic E-state index is 0.0575. The van der Waals surface area contributed by atoms with Crippen LogP contribution in [0.4, 0.5) is 0 Å². The second-order valence-electron chi connectivity index (χ2n) is 3.26. The molecule has 0 amide bonds. The molecule has 1 rings (SSSR count). The highest BCUT2D eigenvalue weighted by atomic mass is 32.2. The summed E-state index contributed by atoms with van der Waals surface area (Å²) in [6.07, 6.45) is 0.134. The Balaban J connectivity index is 2.63. The van der Waals surface area contributed by atoms with Crippen molar-refractivity contribution in [3.8, 4) is 5.75 Å². The van der Waals surface area contributed by atoms with Crippen molar-refractivity contribution in [2.24, 2.45) is 0 Å². The van der Waals surface area contributed by atoms with Crippen LogP contribution in [0.1, 0.15) is 19.4 Å². The molecule has 1 aromatic rings. The third-order valence-electron chi connectivity index (χ3n) is 1.58. The topological polar surface area (TPSA) is 49.4 Å². The predicted molar refractivity (Wildman–Crippen MR) is 54.8 cm³/mol. The van der Waals surface area contributed by atoms with Gasteiger partial charge in [0, 0.05) is 5.75 Å². The van der Waals surface area contributed by atoms with Gasteiger partial charge in [-0.2, -0.15) is 0 Å². The first-order valence-corrected chi connectivity index (χ1v) is 5.64. The zero-order valence-corrected chi connectivity index (χ0v) is 9.04. The molecular formula is C10H13O3S-. The molecule has 0 fully saturated rings. The summed E-state index contributed by atoms with van der Waals surface area (Å²) >= 11 is -2.02. The second-order valence-corrected chi connectivity index (χ2v) is 4.15. The highest BCUT2D eigenvalue weighted by molar-refractivity contribution is 7.78. The van der Waals surface area contributed by atoms with Gasteiger partial charge in [0.25, 0.3) is 0 Å². The SMILES string of the molecule is CC(C)Oc1ccc(CS(=O)[O-])cc1. The average molecular weight is 213 g/mol. The first kappa shape index (κ1) is 11.2. The molecule has 4 heteroatoms. The largest absolute Gasteiger partial charge is 0.772 e. The van der Waals surface area contributed by atoms with E-state index >= 15 is 0 Å². The van der Waals surface area contributed by atoms with Crippen molar-refractivity contribution in [2.75, 3.05) is 0 Å². The summed E-state index contributed by atoms with van der Waals surface area (Å²) in [6.45, 7) is 3.89. The van der Waals surface area contributed by atoms with Gasteiger partial charge in [-0.3, -0.25) is 4.21 Å². The van der Waals surface area contributed by atoms with E-state index in [1.165, 1.54) is 0 Å². The Morgan fingerprint density at radius 2 is 1.93 bits per heavy atom. The van der Waals surface area contributed by atoms with Gasteiger partial charge in [0.15, 0.2) is 0 Å². The first-order valence-electron chi connectivity index (χ1n) is 4.39. The first-order chi connectivity index (χ1) is 6.58. The lowest BCUT2D eigenvalue weighted by molar-refractivity contribution is 0.242. The molecule has 0 aliphatic carbocycles. The van der Waals surface area contributed by atoms with Crippen molar-refractivity contribution in [1.82, 2.24) is 0 Å². The van der Waals surface area contributed by atoms with Crippen molar-refractivity contribution in [1.29, 1.82) is 0 Å². The molecule has 0 aromatic heterocycles. The number of benzene rings is 1. The fourth-order valence-electron chi connectivity index (χ4n) is 1.07. The van der Waals surface area contributed by atoms with Gasteiger partial charge >= 0.3 is 0 Å². The Hall–Kier alpha value is -0.870. The summed E-state index contributed by atoms with van der Waals surface area (Å²) < 4.78 is 26.2. The zero-order valence-electron chi connectivity index (χ0n) is 8.23. The van der Waals surface area contributed by atoms with Crippen LogP contribution in [0.5, 0.6) is 5.75 Å². The van der Waals surface area contributed by atoms with Crippen LogP contribution < -0.4 is 4.74 Å². The minimum atomic E-state index is -2.02. The molecule has 1 aromatic carbocycles. The van der Waals surface area contributed by atoms with Crippen molar-refractivity contribution in [3.05, 3.63) is 29.8 Å². The molecule has 0 aliphatic rings. The number of ether oxygens (including phenoxy) is 1. The van der Waals surface area contributed by atoms with Crippen LogP contribution in [-0.2, 0) is 16.8 Å². The van der Waals surface area contributed by atoms with Crippen LogP contribution in [0.2, 0.25) is 0 Å². The molecule has 78 valence electrons. The van der Waals surface area contributed by atoms with E-state index in [0.717, 1.165) is 11.3 Å². The molecule has 0 saturated heterocycles. The summed E-state index contributed by atoms with van der Waals surface area (Å²) in [5, 5.41) is 0. The molecule has 0 bridgehead atoms. The Morgan fingerprint density at radius 1 is 1.36 bits per heavy atom. The fourth-order valence-corrected chi connectivity index (χ4v) is 1.54. The predicted octanol–water partition coefficient (Wildman–Crippen LogP) is 1.85. The summed E-state index contributed by atoms with van der Waals surface area (Å²) in [6, 6.07) is 7.07. The zero-order chi connectivity index (χ0) is 10.6. The Labute approximate surface area is 86.4 Å². The minimum Gasteiger partial charge on any atom is -0.772 e. The van der Waals surface area contributed by atoms with Gasteiger partial charge in [-0.15, -0.1) is 0 Å². The second kappa shape index (κ2) is 5.12. The lowest BCUT2D eigenvalue weighted by Crippen LogP contribution is -2.05. The van der Waals surface area contributed by atoms with Crippen LogP contribution in [0.3, 0.4) is 0 Å². The van der Waals surface area contributed by atoms with E-state index in [4.69, 9.17) is 4.74 Å². The van der Waals surface area contributed by atoms with Crippen molar-refractivity contribution < 1.29 is 13.5 Å². The monoisotopic (exact) mass is 213 g/mol. The highest BCUT2D eigenvalue weighted by Crippen LogP contribution is 2.14. The fraction of sp³-hybridized carbons (Fsp3) is 0.400. The van der Waals surface area contributed by atoms with E-state index in [0.29, 0.717) is 0 Å². The van der Waals surface area contributed by atoms with E-state index < -0.39 is 11.1 Å². The molecule has 0 heterocycles. The van der Waals surface area contributed by atoms with Gasteiger partial charge in [0.2, 0.25) is 0 Å². The standard InChI is InChI=1S/C10H14O3S/c1-8(2)13-10-5-3-9(4-6-10)7-14(11)12/h3-6,8H,7H2,1-2H3,(H,11,12)/p-1. The van der Waals surface area contributed by atoms with Gasteiger partial charge in [-0.1, -0.05) is 23.2 Å². The van der Waals surface area contributed by atoms with E-state index in [9.17, 15) is 8.76 Å². The average Bonchev–Trinajstić information content (AvgIpc) is 2.06. The van der Waals surface area contributed by atoms with E-state index in [2.05, 4.69) is 0 Å². The van der Waals surface area contributed by atoms with Gasteiger partial charge in [-0.05, 0) is 31.5 Å². The molecule has 0 saturated carbocycles. The molecule has 0 spiro atoms. The molecule has 0 N–H and O–H groups in total. The lowest BCUT2D eigenvalue weighted by atomic mass is 10.2. The number of hydrogen-bond donors (Lipinski definition) is 0. The van der Waals surface area contributed by atoms with E-state index in [1.54, 1.807) is 24.3 Å². The molecule has 3 nitrogen and oxygen atoms in total. The van der Waals surface area contributed by atoms with Gasteiger partial charge in [0.05, 0.1) is 6.10 Å². The summed E-state index contributed by atoms with van der Waals surface area (Å²) in [7, 11) is 0. The highest BCUT2D eigenvalue weighted by Gasteiger charge is 1.97. The third-order valence-corrected chi connectivity index (χ3v) is 2.15. The van der Waals surface area contributed by atoms with E-state index in [1.807, 2.05) is 13.8 Å². The smallest absolute Gasteiger partial charge is 0.119 e. The lowest BCUT2D eigenvalue weighted by Gasteiger charge is -2.10. The molecular weight excluding hydrogens is 200 g/mol. The summed E-state index contributed by atoms with van der Waals surface area (Å²) in [4.78, 5) is 0. The maximum atomic E-state index is 10.4. The van der Waals surface area contributed by atoms with Gasteiger partial charge in [0.1, 0.15) is 5.75 Å². The van der Waals surface area contributed by atoms with Crippen molar-refractivity contribution in [2.45, 2.75) is 25.7 Å². The molecule has 0 radical (unpaired) electrons. The van der Waals surface area contributed by atoms with Crippen LogP contribution in [-0.4, -0.2) is 14.9 Å². The maximum absolute atomic E-state index is 10.4.